The van der Waals surface area contributed by atoms with E-state index in [0.717, 1.165) is 0 Å². The van der Waals surface area contributed by atoms with E-state index in [1.807, 2.05) is 0 Å². The highest BCUT2D eigenvalue weighted by atomic mass is 16.6. The molecule has 0 bridgehead atoms. The van der Waals surface area contributed by atoms with E-state index in [1.165, 1.54) is 0 Å². The Bertz CT molecular complexity index is 162. The van der Waals surface area contributed by atoms with Gasteiger partial charge in [-0.05, 0) is 0 Å². The quantitative estimate of drug-likeness (QED) is 0.404. The highest BCUT2D eigenvalue weighted by molar-refractivity contribution is 5.86. The lowest BCUT2D eigenvalue weighted by molar-refractivity contribution is -0.172. The fourth-order valence-electron chi connectivity index (χ4n) is 0.666. The Balaban J connectivity index is 2.81. The van der Waals surface area contributed by atoms with Crippen molar-refractivity contribution >= 4 is 5.97 Å². The Labute approximate surface area is 53.8 Å². The molecule has 1 fully saturated rings. The van der Waals surface area contributed by atoms with Crippen molar-refractivity contribution < 1.29 is 9.53 Å². The summed E-state index contributed by atoms with van der Waals surface area (Å²) in [5.74, 6) is -0.243. The van der Waals surface area contributed by atoms with Crippen molar-refractivity contribution in [1.82, 2.24) is 0 Å². The van der Waals surface area contributed by atoms with Gasteiger partial charge in [-0.1, -0.05) is 12.2 Å². The van der Waals surface area contributed by atoms with Gasteiger partial charge in [-0.3, -0.25) is 4.79 Å². The van der Waals surface area contributed by atoms with Gasteiger partial charge in [0.2, 0.25) is 0 Å². The van der Waals surface area contributed by atoms with Crippen LogP contribution < -0.4 is 0 Å². The lowest BCUT2D eigenvalue weighted by Crippen LogP contribution is -2.44. The van der Waals surface area contributed by atoms with Gasteiger partial charge in [-0.15, -0.1) is 13.2 Å². The summed E-state index contributed by atoms with van der Waals surface area (Å²) in [7, 11) is 0. The third kappa shape index (κ3) is 0.593. The minimum absolute atomic E-state index is 0.243. The molecule has 48 valence electrons. The number of ether oxygens (including phenoxy) is 1. The van der Waals surface area contributed by atoms with Crippen LogP contribution in [0.15, 0.2) is 25.3 Å². The SMILES string of the molecule is C=CC1(C=C)COC1=O. The average Bonchev–Trinajstić information content (AvgIpc) is 1.89. The lowest BCUT2D eigenvalue weighted by atomic mass is 9.86. The van der Waals surface area contributed by atoms with Crippen LogP contribution in [0.2, 0.25) is 0 Å². The van der Waals surface area contributed by atoms with Crippen molar-refractivity contribution in [2.45, 2.75) is 0 Å². The van der Waals surface area contributed by atoms with Gasteiger partial charge in [-0.2, -0.15) is 0 Å². The first kappa shape index (κ1) is 6.08. The van der Waals surface area contributed by atoms with Crippen LogP contribution in [-0.4, -0.2) is 12.6 Å². The van der Waals surface area contributed by atoms with Gasteiger partial charge in [0.1, 0.15) is 12.0 Å². The molecule has 0 spiro atoms. The second-order valence-corrected chi connectivity index (χ2v) is 2.02. The first-order valence-corrected chi connectivity index (χ1v) is 2.69. The second-order valence-electron chi connectivity index (χ2n) is 2.02. The zero-order chi connectivity index (χ0) is 6.91. The highest BCUT2D eigenvalue weighted by Crippen LogP contribution is 2.30. The van der Waals surface area contributed by atoms with Gasteiger partial charge in [0.15, 0.2) is 0 Å². The number of hydrogen-bond acceptors (Lipinski definition) is 2. The number of carbonyl (C=O) groups excluding carboxylic acids is 1. The molecule has 1 rings (SSSR count). The summed E-state index contributed by atoms with van der Waals surface area (Å²) in [6.45, 7) is 7.41. The molecule has 1 aliphatic heterocycles. The van der Waals surface area contributed by atoms with Crippen LogP contribution >= 0.6 is 0 Å². The summed E-state index contributed by atoms with van der Waals surface area (Å²) in [4.78, 5) is 10.6. The fourth-order valence-corrected chi connectivity index (χ4v) is 0.666. The van der Waals surface area contributed by atoms with Crippen molar-refractivity contribution in [2.24, 2.45) is 5.41 Å². The molecule has 1 heterocycles. The monoisotopic (exact) mass is 124 g/mol. The molecule has 2 heteroatoms. The summed E-state index contributed by atoms with van der Waals surface area (Å²) in [5.41, 5.74) is -0.569. The van der Waals surface area contributed by atoms with Crippen LogP contribution in [0.4, 0.5) is 0 Å². The largest absolute Gasteiger partial charge is 0.463 e. The Morgan fingerprint density at radius 2 is 2.11 bits per heavy atom. The Hall–Kier alpha value is -1.05. The lowest BCUT2D eigenvalue weighted by Gasteiger charge is -2.32. The third-order valence-electron chi connectivity index (χ3n) is 1.55. The zero-order valence-corrected chi connectivity index (χ0v) is 5.09. The van der Waals surface area contributed by atoms with E-state index < -0.39 is 5.41 Å². The van der Waals surface area contributed by atoms with Gasteiger partial charge in [0.05, 0.1) is 0 Å². The predicted molar refractivity (Wildman–Crippen MR) is 33.8 cm³/mol. The molecule has 0 amide bonds. The summed E-state index contributed by atoms with van der Waals surface area (Å²) < 4.78 is 4.55. The molecule has 1 aliphatic rings. The maximum atomic E-state index is 10.6. The summed E-state index contributed by atoms with van der Waals surface area (Å²) >= 11 is 0. The first-order valence-electron chi connectivity index (χ1n) is 2.69. The molecular weight excluding hydrogens is 116 g/mol. The molecule has 0 saturated carbocycles. The molecule has 0 radical (unpaired) electrons. The van der Waals surface area contributed by atoms with Crippen molar-refractivity contribution in [3.8, 4) is 0 Å². The van der Waals surface area contributed by atoms with Crippen LogP contribution in [0.1, 0.15) is 0 Å². The number of hydrogen-bond donors (Lipinski definition) is 0. The van der Waals surface area contributed by atoms with E-state index in [1.54, 1.807) is 12.2 Å². The molecular formula is C7H8O2. The maximum absolute atomic E-state index is 10.6. The maximum Gasteiger partial charge on any atom is 0.323 e. The normalized spacial score (nSPS) is 21.6. The zero-order valence-electron chi connectivity index (χ0n) is 5.09. The van der Waals surface area contributed by atoms with Crippen molar-refractivity contribution in [3.63, 3.8) is 0 Å². The first-order chi connectivity index (χ1) is 4.25. The fraction of sp³-hybridized carbons (Fsp3) is 0.286. The van der Waals surface area contributed by atoms with E-state index in [-0.39, 0.29) is 5.97 Å². The van der Waals surface area contributed by atoms with E-state index in [9.17, 15) is 4.79 Å². The third-order valence-corrected chi connectivity index (χ3v) is 1.55. The van der Waals surface area contributed by atoms with Gasteiger partial charge in [0.25, 0.3) is 0 Å². The molecule has 0 aromatic rings. The standard InChI is InChI=1S/C7H8O2/c1-3-7(4-2)5-9-6(7)8/h3-4H,1-2,5H2. The van der Waals surface area contributed by atoms with Crippen LogP contribution in [0.25, 0.3) is 0 Å². The summed E-state index contributed by atoms with van der Waals surface area (Å²) in [5, 5.41) is 0. The Kier molecular flexibility index (Phi) is 1.16. The molecule has 2 nitrogen and oxygen atoms in total. The second kappa shape index (κ2) is 1.72. The van der Waals surface area contributed by atoms with Gasteiger partial charge < -0.3 is 4.74 Å². The number of cyclic esters (lactones) is 1. The van der Waals surface area contributed by atoms with Crippen LogP contribution in [0.5, 0.6) is 0 Å². The summed E-state index contributed by atoms with van der Waals surface area (Å²) in [6, 6.07) is 0. The molecule has 1 saturated heterocycles. The minimum Gasteiger partial charge on any atom is -0.463 e. The van der Waals surface area contributed by atoms with Crippen molar-refractivity contribution in [3.05, 3.63) is 25.3 Å². The van der Waals surface area contributed by atoms with Crippen molar-refractivity contribution in [1.29, 1.82) is 0 Å². The Morgan fingerprint density at radius 3 is 2.11 bits per heavy atom. The highest BCUT2D eigenvalue weighted by Gasteiger charge is 2.43. The molecule has 0 aromatic heterocycles. The predicted octanol–water partition coefficient (Wildman–Crippen LogP) is 0.902. The van der Waals surface area contributed by atoms with Gasteiger partial charge in [-0.25, -0.2) is 0 Å². The molecule has 0 aromatic carbocycles. The molecule has 9 heavy (non-hydrogen) atoms. The van der Waals surface area contributed by atoms with E-state index in [4.69, 9.17) is 0 Å². The van der Waals surface area contributed by atoms with E-state index >= 15 is 0 Å². The number of esters is 1. The molecule has 0 unspecified atom stereocenters. The van der Waals surface area contributed by atoms with Crippen LogP contribution in [-0.2, 0) is 9.53 Å². The van der Waals surface area contributed by atoms with E-state index in [2.05, 4.69) is 17.9 Å². The Morgan fingerprint density at radius 1 is 1.56 bits per heavy atom. The topological polar surface area (TPSA) is 26.3 Å². The molecule has 0 aliphatic carbocycles. The van der Waals surface area contributed by atoms with Gasteiger partial charge in [0, 0.05) is 0 Å². The average molecular weight is 124 g/mol. The number of carbonyl (C=O) groups is 1. The van der Waals surface area contributed by atoms with Crippen LogP contribution in [0.3, 0.4) is 0 Å². The number of rotatable bonds is 2. The molecule has 0 N–H and O–H groups in total. The van der Waals surface area contributed by atoms with Gasteiger partial charge >= 0.3 is 5.97 Å². The smallest absolute Gasteiger partial charge is 0.323 e. The minimum atomic E-state index is -0.569. The molecule has 0 atom stereocenters. The van der Waals surface area contributed by atoms with Crippen molar-refractivity contribution in [2.75, 3.05) is 6.61 Å². The summed E-state index contributed by atoms with van der Waals surface area (Å²) in [6.07, 6.45) is 3.12. The van der Waals surface area contributed by atoms with Crippen LogP contribution in [0, 0.1) is 5.41 Å². The van der Waals surface area contributed by atoms with E-state index in [0.29, 0.717) is 6.61 Å².